The van der Waals surface area contributed by atoms with Crippen molar-refractivity contribution < 1.29 is 9.21 Å². The quantitative estimate of drug-likeness (QED) is 0.902. The van der Waals surface area contributed by atoms with Gasteiger partial charge in [-0.05, 0) is 30.5 Å². The summed E-state index contributed by atoms with van der Waals surface area (Å²) in [5, 5.41) is 4.86. The van der Waals surface area contributed by atoms with Crippen LogP contribution in [0.1, 0.15) is 17.6 Å². The van der Waals surface area contributed by atoms with Crippen LogP contribution in [0.5, 0.6) is 0 Å². The number of hydrogen-bond acceptors (Lipinski definition) is 3. The second kappa shape index (κ2) is 6.26. The van der Waals surface area contributed by atoms with Crippen molar-refractivity contribution in [1.29, 1.82) is 0 Å². The third kappa shape index (κ3) is 3.37. The molecule has 0 aliphatic heterocycles. The van der Waals surface area contributed by atoms with Crippen molar-refractivity contribution >= 4 is 17.4 Å². The van der Waals surface area contributed by atoms with Gasteiger partial charge in [0.25, 0.3) is 0 Å². The van der Waals surface area contributed by atoms with Gasteiger partial charge in [0.2, 0.25) is 0 Å². The van der Waals surface area contributed by atoms with E-state index in [0.29, 0.717) is 19.6 Å². The normalized spacial score (nSPS) is 10.3. The van der Waals surface area contributed by atoms with Crippen molar-refractivity contribution in [3.63, 3.8) is 0 Å². The highest BCUT2D eigenvalue weighted by Gasteiger charge is 2.12. The van der Waals surface area contributed by atoms with Crippen molar-refractivity contribution in [2.24, 2.45) is 0 Å². The highest BCUT2D eigenvalue weighted by atomic mass is 32.1. The summed E-state index contributed by atoms with van der Waals surface area (Å²) in [6, 6.07) is 7.62. The number of furan rings is 1. The Morgan fingerprint density at radius 2 is 2.33 bits per heavy atom. The van der Waals surface area contributed by atoms with Gasteiger partial charge in [0, 0.05) is 11.4 Å². The van der Waals surface area contributed by atoms with E-state index in [-0.39, 0.29) is 6.03 Å². The van der Waals surface area contributed by atoms with Gasteiger partial charge >= 0.3 is 6.03 Å². The Labute approximate surface area is 110 Å². The number of hydrogen-bond donors (Lipinski definition) is 1. The first-order valence-corrected chi connectivity index (χ1v) is 6.75. The van der Waals surface area contributed by atoms with Crippen molar-refractivity contribution in [1.82, 2.24) is 10.2 Å². The molecule has 0 aromatic carbocycles. The Kier molecular flexibility index (Phi) is 4.41. The van der Waals surface area contributed by atoms with Crippen LogP contribution in [-0.2, 0) is 13.1 Å². The number of urea groups is 1. The standard InChI is InChI=1S/C13H16N2O2S/c1-2-15(10-12-6-4-8-18-12)13(16)14-9-11-5-3-7-17-11/h3-8H,2,9-10H2,1H3,(H,14,16). The summed E-state index contributed by atoms with van der Waals surface area (Å²) in [6.07, 6.45) is 1.60. The molecular weight excluding hydrogens is 248 g/mol. The van der Waals surface area contributed by atoms with Gasteiger partial charge in [-0.25, -0.2) is 4.79 Å². The van der Waals surface area contributed by atoms with Crippen LogP contribution in [0.2, 0.25) is 0 Å². The first-order chi connectivity index (χ1) is 8.79. The van der Waals surface area contributed by atoms with Gasteiger partial charge in [0.05, 0.1) is 19.4 Å². The van der Waals surface area contributed by atoms with E-state index < -0.39 is 0 Å². The molecule has 2 aromatic heterocycles. The minimum atomic E-state index is -0.0673. The van der Waals surface area contributed by atoms with Gasteiger partial charge in [-0.3, -0.25) is 0 Å². The molecule has 0 fully saturated rings. The Balaban J connectivity index is 1.85. The highest BCUT2D eigenvalue weighted by molar-refractivity contribution is 7.09. The molecule has 96 valence electrons. The summed E-state index contributed by atoms with van der Waals surface area (Å²) in [7, 11) is 0. The number of nitrogens with zero attached hydrogens (tertiary/aromatic N) is 1. The monoisotopic (exact) mass is 264 g/mol. The SMILES string of the molecule is CCN(Cc1cccs1)C(=O)NCc1ccco1. The van der Waals surface area contributed by atoms with Crippen LogP contribution in [0.15, 0.2) is 40.3 Å². The van der Waals surface area contributed by atoms with E-state index >= 15 is 0 Å². The molecule has 0 atom stereocenters. The predicted octanol–water partition coefficient (Wildman–Crippen LogP) is 3.07. The smallest absolute Gasteiger partial charge is 0.318 e. The fourth-order valence-corrected chi connectivity index (χ4v) is 2.33. The molecule has 0 unspecified atom stereocenters. The number of nitrogens with one attached hydrogen (secondary N) is 1. The van der Waals surface area contributed by atoms with Gasteiger partial charge < -0.3 is 14.6 Å². The zero-order valence-corrected chi connectivity index (χ0v) is 11.1. The van der Waals surface area contributed by atoms with E-state index in [1.54, 1.807) is 22.5 Å². The van der Waals surface area contributed by atoms with Crippen LogP contribution < -0.4 is 5.32 Å². The lowest BCUT2D eigenvalue weighted by Crippen LogP contribution is -2.38. The van der Waals surface area contributed by atoms with Crippen LogP contribution in [0.3, 0.4) is 0 Å². The van der Waals surface area contributed by atoms with Crippen LogP contribution in [0.25, 0.3) is 0 Å². The van der Waals surface area contributed by atoms with Gasteiger partial charge in [-0.1, -0.05) is 6.07 Å². The summed E-state index contributed by atoms with van der Waals surface area (Å²) in [5.74, 6) is 0.760. The minimum Gasteiger partial charge on any atom is -0.467 e. The zero-order valence-electron chi connectivity index (χ0n) is 10.3. The maximum absolute atomic E-state index is 12.0. The molecule has 2 amide bonds. The Hall–Kier alpha value is -1.75. The first kappa shape index (κ1) is 12.7. The number of amides is 2. The largest absolute Gasteiger partial charge is 0.467 e. The summed E-state index contributed by atoms with van der Waals surface area (Å²) in [5.41, 5.74) is 0. The van der Waals surface area contributed by atoms with Gasteiger partial charge in [-0.2, -0.15) is 0 Å². The maximum atomic E-state index is 12.0. The molecule has 0 radical (unpaired) electrons. The second-order valence-corrected chi connectivity index (χ2v) is 4.86. The van der Waals surface area contributed by atoms with Crippen molar-refractivity contribution in [2.45, 2.75) is 20.0 Å². The zero-order chi connectivity index (χ0) is 12.8. The van der Waals surface area contributed by atoms with E-state index in [4.69, 9.17) is 4.42 Å². The molecule has 2 rings (SSSR count). The summed E-state index contributed by atoms with van der Waals surface area (Å²) in [4.78, 5) is 14.9. The summed E-state index contributed by atoms with van der Waals surface area (Å²) < 4.78 is 5.17. The van der Waals surface area contributed by atoms with Gasteiger partial charge in [-0.15, -0.1) is 11.3 Å². The van der Waals surface area contributed by atoms with Crippen LogP contribution in [-0.4, -0.2) is 17.5 Å². The molecule has 0 spiro atoms. The van der Waals surface area contributed by atoms with E-state index in [9.17, 15) is 4.79 Å². The van der Waals surface area contributed by atoms with Gasteiger partial charge in [0.15, 0.2) is 0 Å². The van der Waals surface area contributed by atoms with Crippen LogP contribution >= 0.6 is 11.3 Å². The molecule has 2 heterocycles. The van der Waals surface area contributed by atoms with Crippen molar-refractivity contribution in [3.8, 4) is 0 Å². The van der Waals surface area contributed by atoms with Crippen molar-refractivity contribution in [3.05, 3.63) is 46.5 Å². The highest BCUT2D eigenvalue weighted by Crippen LogP contribution is 2.11. The third-order valence-corrected chi connectivity index (χ3v) is 3.45. The molecule has 0 bridgehead atoms. The molecule has 0 aliphatic carbocycles. The summed E-state index contributed by atoms with van der Waals surface area (Å²) in [6.45, 7) is 3.73. The number of thiophene rings is 1. The molecule has 0 aliphatic rings. The number of rotatable bonds is 5. The molecule has 0 saturated heterocycles. The summed E-state index contributed by atoms with van der Waals surface area (Å²) >= 11 is 1.66. The molecule has 4 nitrogen and oxygen atoms in total. The lowest BCUT2D eigenvalue weighted by molar-refractivity contribution is 0.197. The third-order valence-electron chi connectivity index (χ3n) is 2.59. The molecule has 2 aromatic rings. The van der Waals surface area contributed by atoms with Crippen LogP contribution in [0, 0.1) is 0 Å². The van der Waals surface area contributed by atoms with Gasteiger partial charge in [0.1, 0.15) is 5.76 Å². The van der Waals surface area contributed by atoms with Crippen LogP contribution in [0.4, 0.5) is 4.79 Å². The number of carbonyl (C=O) groups excluding carboxylic acids is 1. The van der Waals surface area contributed by atoms with Crippen molar-refractivity contribution in [2.75, 3.05) is 6.54 Å². The number of carbonyl (C=O) groups is 1. The van der Waals surface area contributed by atoms with E-state index in [0.717, 1.165) is 5.76 Å². The Morgan fingerprint density at radius 3 is 2.94 bits per heavy atom. The molecule has 1 N–H and O–H groups in total. The first-order valence-electron chi connectivity index (χ1n) is 5.87. The second-order valence-electron chi connectivity index (χ2n) is 3.83. The Morgan fingerprint density at radius 1 is 1.44 bits per heavy atom. The fourth-order valence-electron chi connectivity index (χ4n) is 1.61. The minimum absolute atomic E-state index is 0.0673. The molecule has 0 saturated carbocycles. The lowest BCUT2D eigenvalue weighted by atomic mass is 10.4. The average Bonchev–Trinajstić information content (AvgIpc) is 3.06. The average molecular weight is 264 g/mol. The Bertz CT molecular complexity index is 465. The fraction of sp³-hybridized carbons (Fsp3) is 0.308. The van der Waals surface area contributed by atoms with E-state index in [1.165, 1.54) is 4.88 Å². The molecule has 18 heavy (non-hydrogen) atoms. The topological polar surface area (TPSA) is 45.5 Å². The predicted molar refractivity (Wildman–Crippen MR) is 71.3 cm³/mol. The van der Waals surface area contributed by atoms with E-state index in [1.807, 2.05) is 36.6 Å². The molecule has 5 heteroatoms. The maximum Gasteiger partial charge on any atom is 0.318 e. The molecular formula is C13H16N2O2S. The van der Waals surface area contributed by atoms with E-state index in [2.05, 4.69) is 5.32 Å². The lowest BCUT2D eigenvalue weighted by Gasteiger charge is -2.20.